The minimum atomic E-state index is 0. The van der Waals surface area contributed by atoms with Gasteiger partial charge in [-0.25, -0.2) is 0 Å². The maximum atomic E-state index is 4.90. The number of aryl methyl sites for hydroxylation is 1. The molecule has 0 amide bonds. The van der Waals surface area contributed by atoms with Crippen LogP contribution >= 0.6 is 24.0 Å². The van der Waals surface area contributed by atoms with E-state index in [1.54, 1.807) is 0 Å². The first kappa shape index (κ1) is 19.3. The lowest BCUT2D eigenvalue weighted by Gasteiger charge is -2.26. The van der Waals surface area contributed by atoms with Gasteiger partial charge in [0.25, 0.3) is 0 Å². The molecule has 1 heterocycles. The molecule has 1 saturated heterocycles. The van der Waals surface area contributed by atoms with Crippen LogP contribution in [0.3, 0.4) is 0 Å². The zero-order valence-electron chi connectivity index (χ0n) is 14.4. The fraction of sp³-hybridized carbons (Fsp3) is 0.611. The summed E-state index contributed by atoms with van der Waals surface area (Å²) in [5.74, 6) is 1.08. The molecule has 0 aromatic heterocycles. The molecular formula is C18H30IN3. The van der Waals surface area contributed by atoms with Crippen molar-refractivity contribution in [3.63, 3.8) is 0 Å². The van der Waals surface area contributed by atoms with Gasteiger partial charge >= 0.3 is 0 Å². The van der Waals surface area contributed by atoms with Gasteiger partial charge in [0.1, 0.15) is 0 Å². The lowest BCUT2D eigenvalue weighted by molar-refractivity contribution is 0.480. The molecule has 0 radical (unpaired) electrons. The molecule has 1 aliphatic rings. The largest absolute Gasteiger partial charge is 0.357 e. The van der Waals surface area contributed by atoms with Gasteiger partial charge in [0.2, 0.25) is 0 Å². The van der Waals surface area contributed by atoms with Gasteiger partial charge in [-0.15, -0.1) is 24.0 Å². The molecule has 0 aliphatic carbocycles. The van der Waals surface area contributed by atoms with Crippen LogP contribution in [0.15, 0.2) is 29.3 Å². The van der Waals surface area contributed by atoms with Crippen LogP contribution in [0.2, 0.25) is 0 Å². The van der Waals surface area contributed by atoms with Crippen molar-refractivity contribution in [3.8, 4) is 0 Å². The van der Waals surface area contributed by atoms with Crippen molar-refractivity contribution in [1.29, 1.82) is 0 Å². The molecule has 3 nitrogen and oxygen atoms in total. The Bertz CT molecular complexity index is 474. The van der Waals surface area contributed by atoms with Gasteiger partial charge in [-0.3, -0.25) is 4.99 Å². The van der Waals surface area contributed by atoms with Crippen molar-refractivity contribution >= 4 is 29.9 Å². The second-order valence-corrected chi connectivity index (χ2v) is 6.61. The number of nitrogens with one attached hydrogen (secondary N) is 1. The molecule has 0 unspecified atom stereocenters. The van der Waals surface area contributed by atoms with E-state index >= 15 is 0 Å². The van der Waals surface area contributed by atoms with Gasteiger partial charge in [-0.2, -0.15) is 0 Å². The smallest absolute Gasteiger partial charge is 0.193 e. The molecule has 2 rings (SSSR count). The Labute approximate surface area is 152 Å². The minimum Gasteiger partial charge on any atom is -0.357 e. The Kier molecular flexibility index (Phi) is 7.66. The number of nitrogens with zero attached hydrogens (tertiary/aromatic N) is 2. The van der Waals surface area contributed by atoms with Crippen LogP contribution in [0.4, 0.5) is 0 Å². The summed E-state index contributed by atoms with van der Waals surface area (Å²) in [6.45, 7) is 12.8. The first-order chi connectivity index (χ1) is 10.0. The third-order valence-electron chi connectivity index (χ3n) is 4.20. The molecule has 1 N–H and O–H groups in total. The molecule has 0 bridgehead atoms. The quantitative estimate of drug-likeness (QED) is 0.458. The van der Waals surface area contributed by atoms with Gasteiger partial charge in [0, 0.05) is 25.0 Å². The standard InChI is InChI=1S/C18H29N3.HI/c1-5-19-17(21-12-6-7-13-21)20-14-18(3,4)16-10-8-15(2)9-11-16;/h8-11H,5-7,12-14H2,1-4H3,(H,19,20);1H. The van der Waals surface area contributed by atoms with Gasteiger partial charge in [-0.05, 0) is 32.3 Å². The second kappa shape index (κ2) is 8.75. The molecule has 0 atom stereocenters. The van der Waals surface area contributed by atoms with Crippen LogP contribution in [0.5, 0.6) is 0 Å². The SMILES string of the molecule is CCNC(=NCC(C)(C)c1ccc(C)cc1)N1CCCC1.I. The number of likely N-dealkylation sites (tertiary alicyclic amines) is 1. The first-order valence-corrected chi connectivity index (χ1v) is 8.13. The first-order valence-electron chi connectivity index (χ1n) is 8.13. The predicted octanol–water partition coefficient (Wildman–Crippen LogP) is 3.95. The molecule has 0 saturated carbocycles. The number of hydrogen-bond acceptors (Lipinski definition) is 1. The van der Waals surface area contributed by atoms with Crippen molar-refractivity contribution in [2.75, 3.05) is 26.2 Å². The van der Waals surface area contributed by atoms with E-state index in [4.69, 9.17) is 4.99 Å². The van der Waals surface area contributed by atoms with Crippen molar-refractivity contribution < 1.29 is 0 Å². The van der Waals surface area contributed by atoms with Crippen LogP contribution < -0.4 is 5.32 Å². The molecule has 4 heteroatoms. The topological polar surface area (TPSA) is 27.6 Å². The Balaban J connectivity index is 0.00000242. The number of benzene rings is 1. The summed E-state index contributed by atoms with van der Waals surface area (Å²) < 4.78 is 0. The van der Waals surface area contributed by atoms with E-state index in [2.05, 4.69) is 62.2 Å². The summed E-state index contributed by atoms with van der Waals surface area (Å²) in [6.07, 6.45) is 2.57. The summed E-state index contributed by atoms with van der Waals surface area (Å²) >= 11 is 0. The highest BCUT2D eigenvalue weighted by atomic mass is 127. The minimum absolute atomic E-state index is 0. The van der Waals surface area contributed by atoms with E-state index in [9.17, 15) is 0 Å². The summed E-state index contributed by atoms with van der Waals surface area (Å²) in [7, 11) is 0. The van der Waals surface area contributed by atoms with Gasteiger partial charge in [-0.1, -0.05) is 43.7 Å². The van der Waals surface area contributed by atoms with E-state index in [1.807, 2.05) is 0 Å². The van der Waals surface area contributed by atoms with Gasteiger partial charge < -0.3 is 10.2 Å². The van der Waals surface area contributed by atoms with Crippen LogP contribution in [0.25, 0.3) is 0 Å². The third-order valence-corrected chi connectivity index (χ3v) is 4.20. The Hall–Kier alpha value is -0.780. The summed E-state index contributed by atoms with van der Waals surface area (Å²) in [5, 5.41) is 3.43. The van der Waals surface area contributed by atoms with Crippen molar-refractivity contribution in [2.24, 2.45) is 4.99 Å². The van der Waals surface area contributed by atoms with E-state index in [0.717, 1.165) is 32.1 Å². The number of rotatable bonds is 4. The van der Waals surface area contributed by atoms with Crippen LogP contribution in [-0.2, 0) is 5.41 Å². The van der Waals surface area contributed by atoms with Crippen LogP contribution in [-0.4, -0.2) is 37.0 Å². The maximum absolute atomic E-state index is 4.90. The summed E-state index contributed by atoms with van der Waals surface area (Å²) in [4.78, 5) is 7.28. The van der Waals surface area contributed by atoms with Crippen LogP contribution in [0, 0.1) is 6.92 Å². The molecule has 1 fully saturated rings. The highest BCUT2D eigenvalue weighted by molar-refractivity contribution is 14.0. The number of hydrogen-bond donors (Lipinski definition) is 1. The summed E-state index contributed by atoms with van der Waals surface area (Å²) in [5.41, 5.74) is 2.73. The monoisotopic (exact) mass is 415 g/mol. The molecule has 1 aliphatic heterocycles. The van der Waals surface area contributed by atoms with E-state index in [1.165, 1.54) is 24.0 Å². The molecule has 1 aromatic carbocycles. The predicted molar refractivity (Wildman–Crippen MR) is 106 cm³/mol. The van der Waals surface area contributed by atoms with Crippen molar-refractivity contribution in [3.05, 3.63) is 35.4 Å². The number of aliphatic imine (C=N–C) groups is 1. The highest BCUT2D eigenvalue weighted by Crippen LogP contribution is 2.24. The Morgan fingerprint density at radius 2 is 1.77 bits per heavy atom. The molecular weight excluding hydrogens is 385 g/mol. The second-order valence-electron chi connectivity index (χ2n) is 6.61. The van der Waals surface area contributed by atoms with E-state index < -0.39 is 0 Å². The molecule has 0 spiro atoms. The Morgan fingerprint density at radius 3 is 2.32 bits per heavy atom. The van der Waals surface area contributed by atoms with Crippen molar-refractivity contribution in [1.82, 2.24) is 10.2 Å². The number of halogens is 1. The van der Waals surface area contributed by atoms with Crippen LogP contribution in [0.1, 0.15) is 44.7 Å². The zero-order valence-corrected chi connectivity index (χ0v) is 16.7. The lowest BCUT2D eigenvalue weighted by atomic mass is 9.84. The van der Waals surface area contributed by atoms with Gasteiger partial charge in [0.05, 0.1) is 6.54 Å². The number of guanidine groups is 1. The fourth-order valence-electron chi connectivity index (χ4n) is 2.72. The van der Waals surface area contributed by atoms with Crippen molar-refractivity contribution in [2.45, 2.75) is 46.0 Å². The van der Waals surface area contributed by atoms with E-state index in [0.29, 0.717) is 0 Å². The average Bonchev–Trinajstić information content (AvgIpc) is 2.98. The van der Waals surface area contributed by atoms with E-state index in [-0.39, 0.29) is 29.4 Å². The fourth-order valence-corrected chi connectivity index (χ4v) is 2.72. The summed E-state index contributed by atoms with van der Waals surface area (Å²) in [6, 6.07) is 8.83. The third kappa shape index (κ3) is 5.14. The molecule has 1 aromatic rings. The normalized spacial score (nSPS) is 15.6. The highest BCUT2D eigenvalue weighted by Gasteiger charge is 2.22. The van der Waals surface area contributed by atoms with Gasteiger partial charge in [0.15, 0.2) is 5.96 Å². The zero-order chi connectivity index (χ0) is 15.3. The lowest BCUT2D eigenvalue weighted by Crippen LogP contribution is -2.40. The Morgan fingerprint density at radius 1 is 1.18 bits per heavy atom. The molecule has 124 valence electrons. The molecule has 22 heavy (non-hydrogen) atoms. The average molecular weight is 415 g/mol. The maximum Gasteiger partial charge on any atom is 0.193 e.